The lowest BCUT2D eigenvalue weighted by molar-refractivity contribution is 0.633. The lowest BCUT2D eigenvalue weighted by Crippen LogP contribution is -2.37. The zero-order valence-electron chi connectivity index (χ0n) is 42.3. The molecule has 1 heterocycles. The van der Waals surface area contributed by atoms with E-state index in [0.29, 0.717) is 0 Å². The van der Waals surface area contributed by atoms with E-state index in [4.69, 9.17) is 0 Å². The van der Waals surface area contributed by atoms with Crippen LogP contribution in [0.3, 0.4) is 0 Å². The predicted molar refractivity (Wildman–Crippen MR) is 321 cm³/mol. The first-order chi connectivity index (χ1) is 37.5. The van der Waals surface area contributed by atoms with Gasteiger partial charge >= 0.3 is 0 Å². The molecule has 5 aliphatic rings. The highest BCUT2D eigenvalue weighted by Gasteiger charge is 2.38. The molecular formula is C74H50N2. The van der Waals surface area contributed by atoms with Crippen LogP contribution in [0.15, 0.2) is 237 Å². The summed E-state index contributed by atoms with van der Waals surface area (Å²) >= 11 is 0. The molecule has 1 N–H and O–H groups in total. The zero-order chi connectivity index (χ0) is 50.0. The molecule has 4 aliphatic carbocycles. The number of allylic oxidation sites excluding steroid dienone is 2. The van der Waals surface area contributed by atoms with E-state index < -0.39 is 0 Å². The van der Waals surface area contributed by atoms with E-state index in [2.05, 4.69) is 261 Å². The number of para-hydroxylation sites is 2. The van der Waals surface area contributed by atoms with Crippen LogP contribution in [0.4, 0.5) is 11.4 Å². The van der Waals surface area contributed by atoms with Crippen LogP contribution in [0.25, 0.3) is 132 Å². The number of nitrogens with one attached hydrogen (secondary N) is 1. The normalized spacial score (nSPS) is 16.6. The smallest absolute Gasteiger partial charge is 0.126 e. The van der Waals surface area contributed by atoms with E-state index in [0.717, 1.165) is 6.42 Å². The van der Waals surface area contributed by atoms with Crippen LogP contribution in [0.1, 0.15) is 43.1 Å². The second-order valence-electron chi connectivity index (χ2n) is 22.2. The fraction of sp³-hybridized carbons (Fsp3) is 0.0811. The number of fused-ring (bicyclic) bond motifs is 12. The monoisotopic (exact) mass is 966 g/mol. The van der Waals surface area contributed by atoms with Crippen molar-refractivity contribution >= 4 is 54.5 Å². The Morgan fingerprint density at radius 3 is 1.63 bits per heavy atom. The van der Waals surface area contributed by atoms with E-state index in [1.807, 2.05) is 0 Å². The van der Waals surface area contributed by atoms with Crippen molar-refractivity contribution in [2.24, 2.45) is 0 Å². The van der Waals surface area contributed by atoms with Crippen LogP contribution < -0.4 is 10.2 Å². The Hall–Kier alpha value is -9.24. The van der Waals surface area contributed by atoms with E-state index >= 15 is 0 Å². The Morgan fingerprint density at radius 1 is 0.395 bits per heavy atom. The Labute approximate surface area is 442 Å². The van der Waals surface area contributed by atoms with Gasteiger partial charge in [0.15, 0.2) is 0 Å². The Bertz CT molecular complexity index is 4580. The zero-order valence-corrected chi connectivity index (χ0v) is 42.3. The third kappa shape index (κ3) is 5.66. The largest absolute Gasteiger partial charge is 0.360 e. The summed E-state index contributed by atoms with van der Waals surface area (Å²) in [7, 11) is 0. The van der Waals surface area contributed by atoms with Crippen LogP contribution >= 0.6 is 0 Å². The van der Waals surface area contributed by atoms with Crippen LogP contribution in [0.2, 0.25) is 0 Å². The molecule has 12 aromatic carbocycles. The van der Waals surface area contributed by atoms with Gasteiger partial charge < -0.3 is 10.2 Å². The number of hydrogen-bond donors (Lipinski definition) is 1. The van der Waals surface area contributed by atoms with Crippen molar-refractivity contribution in [3.8, 4) is 89.0 Å². The van der Waals surface area contributed by atoms with Gasteiger partial charge in [0.25, 0.3) is 0 Å². The third-order valence-corrected chi connectivity index (χ3v) is 18.1. The average Bonchev–Trinajstić information content (AvgIpc) is 4.32. The summed E-state index contributed by atoms with van der Waals surface area (Å²) in [6.07, 6.45) is 9.96. The summed E-state index contributed by atoms with van der Waals surface area (Å²) in [5.74, 6) is 0. The molecule has 12 aromatic rings. The average molecular weight is 967 g/mol. The minimum atomic E-state index is -0.197. The Morgan fingerprint density at radius 2 is 0.947 bits per heavy atom. The fourth-order valence-electron chi connectivity index (χ4n) is 14.7. The van der Waals surface area contributed by atoms with Gasteiger partial charge in [0.1, 0.15) is 6.17 Å². The summed E-state index contributed by atoms with van der Waals surface area (Å²) in [5.41, 5.74) is 26.9. The van der Waals surface area contributed by atoms with Gasteiger partial charge in [-0.2, -0.15) is 0 Å². The quantitative estimate of drug-likeness (QED) is 0.173. The summed E-state index contributed by atoms with van der Waals surface area (Å²) in [6.45, 7) is 4.85. The summed E-state index contributed by atoms with van der Waals surface area (Å²) < 4.78 is 0. The van der Waals surface area contributed by atoms with Gasteiger partial charge in [0.05, 0.1) is 17.4 Å². The van der Waals surface area contributed by atoms with E-state index in [1.54, 1.807) is 0 Å². The number of benzene rings is 12. The van der Waals surface area contributed by atoms with Crippen LogP contribution in [0.5, 0.6) is 0 Å². The van der Waals surface area contributed by atoms with Crippen molar-refractivity contribution in [3.05, 3.63) is 253 Å². The summed E-state index contributed by atoms with van der Waals surface area (Å²) in [6, 6.07) is 81.6. The second-order valence-corrected chi connectivity index (χ2v) is 22.2. The van der Waals surface area contributed by atoms with Crippen LogP contribution in [-0.2, 0) is 5.41 Å². The molecule has 2 nitrogen and oxygen atoms in total. The molecule has 0 bridgehead atoms. The van der Waals surface area contributed by atoms with Crippen molar-refractivity contribution in [1.29, 1.82) is 0 Å². The van der Waals surface area contributed by atoms with Gasteiger partial charge in [-0.25, -0.2) is 0 Å². The molecule has 17 rings (SSSR count). The number of nitrogens with zero attached hydrogens (tertiary/aromatic N) is 1. The molecule has 0 fully saturated rings. The van der Waals surface area contributed by atoms with Crippen molar-refractivity contribution in [1.82, 2.24) is 0 Å². The van der Waals surface area contributed by atoms with Gasteiger partial charge in [-0.15, -0.1) is 0 Å². The van der Waals surface area contributed by atoms with Gasteiger partial charge in [-0.1, -0.05) is 214 Å². The number of rotatable bonds is 5. The highest BCUT2D eigenvalue weighted by Crippen LogP contribution is 2.58. The lowest BCUT2D eigenvalue weighted by atomic mass is 9.78. The maximum Gasteiger partial charge on any atom is 0.126 e. The van der Waals surface area contributed by atoms with Gasteiger partial charge in [0.2, 0.25) is 0 Å². The Balaban J connectivity index is 0.973. The van der Waals surface area contributed by atoms with E-state index in [1.165, 1.54) is 160 Å². The number of anilines is 2. The molecule has 0 saturated heterocycles. The van der Waals surface area contributed by atoms with Crippen molar-refractivity contribution in [3.63, 3.8) is 0 Å². The minimum Gasteiger partial charge on any atom is -0.360 e. The van der Waals surface area contributed by atoms with Gasteiger partial charge in [-0.3, -0.25) is 0 Å². The fourth-order valence-corrected chi connectivity index (χ4v) is 14.7. The molecule has 2 heteroatoms. The molecular weight excluding hydrogens is 917 g/mol. The standard InChI is InChI=1S/C74H50N2/c1-74(2)65-30-11-10-25-51(65)61-41-63-64(42-66(61)74)72(59-38-36-57-50-24-9-7-22-48(50)53-27-16-29-55(59)70(53)57)62-40-44(43-17-14-18-45(39-43)73-75-67-31-12-13-32-68(67)76(73)46-19-4-3-5-20-46)33-34-60(62)71(63)58-37-35-56-49-23-8-6-21-47(49)52-26-15-28-54(58)69(52)56/h3-19,21-42,46,73,75H,20H2,1-2H3. The summed E-state index contributed by atoms with van der Waals surface area (Å²) in [4.78, 5) is 2.58. The third-order valence-electron chi connectivity index (χ3n) is 18.1. The minimum absolute atomic E-state index is 0.0211. The highest BCUT2D eigenvalue weighted by atomic mass is 15.3. The summed E-state index contributed by atoms with van der Waals surface area (Å²) in [5, 5.41) is 14.3. The topological polar surface area (TPSA) is 15.3 Å². The van der Waals surface area contributed by atoms with Crippen LogP contribution in [-0.4, -0.2) is 6.04 Å². The van der Waals surface area contributed by atoms with E-state index in [9.17, 15) is 0 Å². The van der Waals surface area contributed by atoms with Gasteiger partial charge in [-0.05, 0) is 192 Å². The molecule has 0 radical (unpaired) electrons. The Kier molecular flexibility index (Phi) is 8.55. The maximum atomic E-state index is 3.95. The molecule has 76 heavy (non-hydrogen) atoms. The molecule has 0 saturated carbocycles. The van der Waals surface area contributed by atoms with E-state index in [-0.39, 0.29) is 17.6 Å². The molecule has 0 amide bonds. The highest BCUT2D eigenvalue weighted by molar-refractivity contribution is 6.30. The molecule has 1 aliphatic heterocycles. The molecule has 356 valence electrons. The molecule has 0 aromatic heterocycles. The first-order valence-corrected chi connectivity index (χ1v) is 27.1. The first kappa shape index (κ1) is 42.2. The second kappa shape index (κ2) is 15.4. The molecule has 2 atom stereocenters. The van der Waals surface area contributed by atoms with Crippen molar-refractivity contribution < 1.29 is 0 Å². The van der Waals surface area contributed by atoms with Crippen molar-refractivity contribution in [2.75, 3.05) is 10.2 Å². The van der Waals surface area contributed by atoms with Crippen molar-refractivity contribution in [2.45, 2.75) is 37.9 Å². The SMILES string of the molecule is CC1(C)c2ccccc2-c2cc3c(-c4ccc5c6c(cccc46)-c4ccccc4-5)c4ccc(-c5cccc(C6Nc7ccccc7N6C6C=CC=CC6)c5)cc4c(-c4ccc5c6c(cccc46)-c4ccccc4-5)c3cc21. The maximum absolute atomic E-state index is 3.95. The number of hydrogen-bond acceptors (Lipinski definition) is 2. The molecule has 0 spiro atoms. The molecule has 2 unspecified atom stereocenters. The van der Waals surface area contributed by atoms with Gasteiger partial charge in [0, 0.05) is 5.41 Å². The lowest BCUT2D eigenvalue weighted by Gasteiger charge is -2.34. The van der Waals surface area contributed by atoms with Crippen LogP contribution in [0, 0.1) is 0 Å². The predicted octanol–water partition coefficient (Wildman–Crippen LogP) is 19.7. The first-order valence-electron chi connectivity index (χ1n) is 27.1.